The average molecular weight is 316 g/mol. The molecule has 1 aliphatic heterocycles. The number of carboxylic acid groups (broad SMARTS) is 1. The average Bonchev–Trinajstić information content (AvgIpc) is 2.38. The molecule has 0 aromatic heterocycles. The summed E-state index contributed by atoms with van der Waals surface area (Å²) in [6.45, 7) is 2.18. The third-order valence-electron chi connectivity index (χ3n) is 3.81. The van der Waals surface area contributed by atoms with Crippen molar-refractivity contribution in [1.29, 1.82) is 0 Å². The van der Waals surface area contributed by atoms with E-state index < -0.39 is 41.6 Å². The van der Waals surface area contributed by atoms with Crippen molar-refractivity contribution in [3.8, 4) is 0 Å². The van der Waals surface area contributed by atoms with Gasteiger partial charge in [0.05, 0.1) is 5.54 Å². The minimum Gasteiger partial charge on any atom is -0.465 e. The predicted octanol–water partition coefficient (Wildman–Crippen LogP) is 2.72. The number of alkyl halides is 2. The van der Waals surface area contributed by atoms with Gasteiger partial charge < -0.3 is 10.4 Å². The van der Waals surface area contributed by atoms with Crippen LogP contribution in [-0.2, 0) is 10.3 Å². The van der Waals surface area contributed by atoms with Crippen LogP contribution in [0.2, 0.25) is 0 Å². The summed E-state index contributed by atoms with van der Waals surface area (Å²) in [4.78, 5) is 22.4. The molecule has 120 valence electrons. The standard InChI is InChI=1S/C14H15F3N2O3/c1-13(17)6-10(16)14(2,19-11(13)20)8-5-7(18-12(21)22)3-4-9(8)15/h3-5,10,18H,6H2,1-2H3,(H,19,20)(H,21,22)/t10-,13+,14+/m0/s1. The molecule has 0 unspecified atom stereocenters. The summed E-state index contributed by atoms with van der Waals surface area (Å²) in [7, 11) is 0. The first kappa shape index (κ1) is 16.1. The fourth-order valence-electron chi connectivity index (χ4n) is 2.44. The summed E-state index contributed by atoms with van der Waals surface area (Å²) in [5, 5.41) is 12.8. The lowest BCUT2D eigenvalue weighted by molar-refractivity contribution is -0.142. The highest BCUT2D eigenvalue weighted by atomic mass is 19.2. The number of carbonyl (C=O) groups excluding carboxylic acids is 1. The Bertz CT molecular complexity index is 636. The zero-order valence-electron chi connectivity index (χ0n) is 11.9. The molecular weight excluding hydrogens is 301 g/mol. The number of halogens is 3. The molecule has 0 bridgehead atoms. The topological polar surface area (TPSA) is 78.4 Å². The highest BCUT2D eigenvalue weighted by Crippen LogP contribution is 2.39. The molecule has 2 amide bonds. The van der Waals surface area contributed by atoms with Gasteiger partial charge in [-0.3, -0.25) is 10.1 Å². The monoisotopic (exact) mass is 316 g/mol. The number of anilines is 1. The van der Waals surface area contributed by atoms with Crippen molar-refractivity contribution in [1.82, 2.24) is 5.32 Å². The lowest BCUT2D eigenvalue weighted by atomic mass is 9.77. The molecule has 3 N–H and O–H groups in total. The molecule has 22 heavy (non-hydrogen) atoms. The van der Waals surface area contributed by atoms with Crippen molar-refractivity contribution in [3.05, 3.63) is 29.6 Å². The SMILES string of the molecule is C[C@@]1(F)C[C@H](F)[C@@](C)(c2cc(NC(=O)O)ccc2F)NC1=O. The number of benzene rings is 1. The van der Waals surface area contributed by atoms with Crippen molar-refractivity contribution < 1.29 is 27.9 Å². The van der Waals surface area contributed by atoms with Crippen LogP contribution in [0.1, 0.15) is 25.8 Å². The summed E-state index contributed by atoms with van der Waals surface area (Å²) < 4.78 is 42.3. The van der Waals surface area contributed by atoms with E-state index in [1.165, 1.54) is 6.92 Å². The van der Waals surface area contributed by atoms with Gasteiger partial charge in [-0.05, 0) is 32.0 Å². The van der Waals surface area contributed by atoms with E-state index in [1.54, 1.807) is 0 Å². The van der Waals surface area contributed by atoms with Crippen molar-refractivity contribution >= 4 is 17.7 Å². The van der Waals surface area contributed by atoms with Gasteiger partial charge in [-0.1, -0.05) is 0 Å². The fourth-order valence-corrected chi connectivity index (χ4v) is 2.44. The molecule has 1 aliphatic rings. The Morgan fingerprint density at radius 1 is 1.45 bits per heavy atom. The van der Waals surface area contributed by atoms with E-state index in [-0.39, 0.29) is 11.3 Å². The maximum absolute atomic E-state index is 14.4. The number of piperidine rings is 1. The third kappa shape index (κ3) is 2.72. The normalized spacial score (nSPS) is 31.5. The summed E-state index contributed by atoms with van der Waals surface area (Å²) in [5.41, 5.74) is -4.41. The van der Waals surface area contributed by atoms with E-state index >= 15 is 0 Å². The van der Waals surface area contributed by atoms with Gasteiger partial charge in [0, 0.05) is 17.7 Å². The van der Waals surface area contributed by atoms with E-state index in [9.17, 15) is 22.8 Å². The Balaban J connectivity index is 2.45. The van der Waals surface area contributed by atoms with Crippen molar-refractivity contribution in [3.63, 3.8) is 0 Å². The van der Waals surface area contributed by atoms with Crippen LogP contribution >= 0.6 is 0 Å². The van der Waals surface area contributed by atoms with Gasteiger partial charge in [0.15, 0.2) is 5.67 Å². The third-order valence-corrected chi connectivity index (χ3v) is 3.81. The maximum Gasteiger partial charge on any atom is 0.409 e. The lowest BCUT2D eigenvalue weighted by Gasteiger charge is -2.42. The molecule has 5 nitrogen and oxygen atoms in total. The molecule has 1 saturated heterocycles. The first-order chi connectivity index (χ1) is 10.1. The summed E-state index contributed by atoms with van der Waals surface area (Å²) in [5.74, 6) is -1.87. The minimum absolute atomic E-state index is 0.0140. The smallest absolute Gasteiger partial charge is 0.409 e. The van der Waals surface area contributed by atoms with Crippen LogP contribution in [0.3, 0.4) is 0 Å². The van der Waals surface area contributed by atoms with Crippen LogP contribution in [0.15, 0.2) is 18.2 Å². The Hall–Kier alpha value is -2.25. The van der Waals surface area contributed by atoms with Gasteiger partial charge in [0.25, 0.3) is 5.91 Å². The number of hydrogen-bond donors (Lipinski definition) is 3. The van der Waals surface area contributed by atoms with Crippen LogP contribution in [-0.4, -0.2) is 28.9 Å². The molecular formula is C14H15F3N2O3. The van der Waals surface area contributed by atoms with Crippen LogP contribution in [0, 0.1) is 5.82 Å². The number of carbonyl (C=O) groups is 2. The molecule has 1 aromatic carbocycles. The summed E-state index contributed by atoms with van der Waals surface area (Å²) in [6, 6.07) is 3.19. The van der Waals surface area contributed by atoms with Crippen LogP contribution in [0.25, 0.3) is 0 Å². The van der Waals surface area contributed by atoms with Gasteiger partial charge in [0.1, 0.15) is 12.0 Å². The Morgan fingerprint density at radius 2 is 2.09 bits per heavy atom. The van der Waals surface area contributed by atoms with Gasteiger partial charge >= 0.3 is 6.09 Å². The van der Waals surface area contributed by atoms with Crippen molar-refractivity contribution in [2.45, 2.75) is 37.6 Å². The molecule has 1 fully saturated rings. The summed E-state index contributed by atoms with van der Waals surface area (Å²) in [6.07, 6.45) is -3.97. The van der Waals surface area contributed by atoms with Gasteiger partial charge in [-0.15, -0.1) is 0 Å². The predicted molar refractivity (Wildman–Crippen MR) is 72.6 cm³/mol. The van der Waals surface area contributed by atoms with Crippen LogP contribution in [0.4, 0.5) is 23.7 Å². The largest absolute Gasteiger partial charge is 0.465 e. The number of rotatable bonds is 2. The number of hydrogen-bond acceptors (Lipinski definition) is 2. The van der Waals surface area contributed by atoms with Crippen LogP contribution < -0.4 is 10.6 Å². The highest BCUT2D eigenvalue weighted by molar-refractivity contribution is 5.87. The van der Waals surface area contributed by atoms with Crippen molar-refractivity contribution in [2.75, 3.05) is 5.32 Å². The lowest BCUT2D eigenvalue weighted by Crippen LogP contribution is -2.62. The van der Waals surface area contributed by atoms with E-state index in [1.807, 2.05) is 5.32 Å². The fraction of sp³-hybridized carbons (Fsp3) is 0.429. The Kier molecular flexibility index (Phi) is 3.80. The van der Waals surface area contributed by atoms with Crippen LogP contribution in [0.5, 0.6) is 0 Å². The van der Waals surface area contributed by atoms with E-state index in [0.29, 0.717) is 0 Å². The first-order valence-corrected chi connectivity index (χ1v) is 6.52. The maximum atomic E-state index is 14.4. The molecule has 1 heterocycles. The second-order valence-corrected chi connectivity index (χ2v) is 5.65. The molecule has 0 spiro atoms. The molecule has 1 aromatic rings. The zero-order chi connectivity index (χ0) is 16.7. The molecule has 3 atom stereocenters. The number of nitrogens with one attached hydrogen (secondary N) is 2. The number of amides is 2. The van der Waals surface area contributed by atoms with Gasteiger partial charge in [-0.2, -0.15) is 0 Å². The Morgan fingerprint density at radius 3 is 2.68 bits per heavy atom. The highest BCUT2D eigenvalue weighted by Gasteiger charge is 2.52. The Labute approximate surface area is 124 Å². The van der Waals surface area contributed by atoms with Crippen molar-refractivity contribution in [2.24, 2.45) is 0 Å². The van der Waals surface area contributed by atoms with E-state index in [2.05, 4.69) is 5.32 Å². The summed E-state index contributed by atoms with van der Waals surface area (Å²) >= 11 is 0. The zero-order valence-corrected chi connectivity index (χ0v) is 11.9. The molecule has 0 aliphatic carbocycles. The van der Waals surface area contributed by atoms with E-state index in [0.717, 1.165) is 25.1 Å². The molecule has 0 radical (unpaired) electrons. The second kappa shape index (κ2) is 5.19. The van der Waals surface area contributed by atoms with Gasteiger partial charge in [-0.25, -0.2) is 18.0 Å². The molecule has 8 heteroatoms. The molecule has 0 saturated carbocycles. The first-order valence-electron chi connectivity index (χ1n) is 6.52. The van der Waals surface area contributed by atoms with Gasteiger partial charge in [0.2, 0.25) is 0 Å². The molecule has 2 rings (SSSR count). The minimum atomic E-state index is -2.38. The quantitative estimate of drug-likeness (QED) is 0.785. The van der Waals surface area contributed by atoms with E-state index in [4.69, 9.17) is 5.11 Å². The second-order valence-electron chi connectivity index (χ2n) is 5.65.